The number of phenolic OH excluding ortho intramolecular Hbond substituents is 1. The molecule has 2 aliphatic carbocycles. The molecule has 2 bridgehead atoms. The van der Waals surface area contributed by atoms with E-state index in [1.807, 2.05) is 11.9 Å². The molecule has 4 N–H and O–H groups in total. The highest BCUT2D eigenvalue weighted by atomic mass is 16.6. The summed E-state index contributed by atoms with van der Waals surface area (Å²) in [5, 5.41) is 41.2. The zero-order valence-electron chi connectivity index (χ0n) is 24.4. The molecule has 1 fully saturated rings. The van der Waals surface area contributed by atoms with Crippen molar-refractivity contribution in [2.75, 3.05) is 13.6 Å². The maximum absolute atomic E-state index is 13.6. The van der Waals surface area contributed by atoms with Crippen LogP contribution in [0.15, 0.2) is 24.0 Å². The Morgan fingerprint density at radius 1 is 1.02 bits per heavy atom. The summed E-state index contributed by atoms with van der Waals surface area (Å²) in [6, 6.07) is 2.87. The van der Waals surface area contributed by atoms with Crippen LogP contribution in [0.1, 0.15) is 44.2 Å². The van der Waals surface area contributed by atoms with Crippen molar-refractivity contribution in [3.63, 3.8) is 0 Å². The predicted octanol–water partition coefficient (Wildman–Crippen LogP) is -0.452. The Labute approximate surface area is 255 Å². The number of likely N-dealkylation sites (tertiary alicyclic amines) is 1. The van der Waals surface area contributed by atoms with Gasteiger partial charge in [-0.15, -0.1) is 0 Å². The third-order valence-corrected chi connectivity index (χ3v) is 8.79. The van der Waals surface area contributed by atoms with Gasteiger partial charge in [-0.2, -0.15) is 0 Å². The number of aliphatic carboxylic acids is 2. The van der Waals surface area contributed by atoms with Gasteiger partial charge in [0.1, 0.15) is 5.76 Å². The molecule has 45 heavy (non-hydrogen) atoms. The molecule has 1 aromatic carbocycles. The average Bonchev–Trinajstić information content (AvgIpc) is 3.30. The minimum absolute atomic E-state index is 0.0118. The number of esters is 4. The first-order chi connectivity index (χ1) is 21.1. The van der Waals surface area contributed by atoms with Crippen molar-refractivity contribution in [2.45, 2.75) is 81.0 Å². The van der Waals surface area contributed by atoms with Crippen LogP contribution >= 0.6 is 0 Å². The molecule has 242 valence electrons. The van der Waals surface area contributed by atoms with Crippen molar-refractivity contribution < 1.29 is 72.9 Å². The van der Waals surface area contributed by atoms with E-state index in [1.165, 1.54) is 12.1 Å². The van der Waals surface area contributed by atoms with Gasteiger partial charge in [0.05, 0.1) is 17.4 Å². The molecule has 7 atom stereocenters. The van der Waals surface area contributed by atoms with Gasteiger partial charge < -0.3 is 49.0 Å². The molecule has 0 aromatic heterocycles. The van der Waals surface area contributed by atoms with Crippen LogP contribution in [0.5, 0.6) is 11.5 Å². The lowest BCUT2D eigenvalue weighted by Crippen LogP contribution is -2.74. The number of aliphatic hydroxyl groups is 1. The highest BCUT2D eigenvalue weighted by molar-refractivity contribution is 5.91. The summed E-state index contributed by atoms with van der Waals surface area (Å²) < 4.78 is 26.5. The number of likely N-dealkylation sites (N-methyl/N-ethyl adjacent to an activating group) is 1. The zero-order valence-corrected chi connectivity index (χ0v) is 24.4. The van der Waals surface area contributed by atoms with E-state index in [4.69, 9.17) is 28.8 Å². The molecule has 1 aromatic rings. The van der Waals surface area contributed by atoms with Crippen molar-refractivity contribution >= 4 is 35.8 Å². The standard InChI is InChI=1S/C29H31NO15/c1-12(31)41-22(23(42-13(2)32)27(39)44-17(25(36)37)11-19(34)35)26(38)43-16-6-7-29(40)18-10-14-4-5-15(33)21-20(14)28(29,24(16)45-21)8-9-30(18)3/h4-6,17-18,22-24,33,40H,7-11H2,1-3H3,(H,34,35)(H,36,37)/t17?,18-,22?,23?,24+,28+,29-/m1/s1. The van der Waals surface area contributed by atoms with Crippen molar-refractivity contribution in [3.8, 4) is 11.5 Å². The van der Waals surface area contributed by atoms with Gasteiger partial charge in [-0.3, -0.25) is 14.4 Å². The molecular weight excluding hydrogens is 602 g/mol. The van der Waals surface area contributed by atoms with Gasteiger partial charge in [0.15, 0.2) is 17.6 Å². The highest BCUT2D eigenvalue weighted by Crippen LogP contribution is 2.65. The van der Waals surface area contributed by atoms with E-state index >= 15 is 0 Å². The molecular formula is C29H31NO15. The molecule has 2 heterocycles. The van der Waals surface area contributed by atoms with Gasteiger partial charge in [0, 0.05) is 31.9 Å². The molecule has 0 amide bonds. The lowest BCUT2D eigenvalue weighted by atomic mass is 9.50. The minimum Gasteiger partial charge on any atom is -0.504 e. The Bertz CT molecular complexity index is 1520. The first kappa shape index (κ1) is 31.7. The molecule has 0 radical (unpaired) electrons. The maximum atomic E-state index is 13.6. The molecule has 0 saturated carbocycles. The number of carboxylic acid groups (broad SMARTS) is 2. The second-order valence-corrected chi connectivity index (χ2v) is 11.4. The maximum Gasteiger partial charge on any atom is 0.357 e. The first-order valence-corrected chi connectivity index (χ1v) is 14.0. The Balaban J connectivity index is 1.49. The average molecular weight is 634 g/mol. The summed E-state index contributed by atoms with van der Waals surface area (Å²) in [5.74, 6) is -9.12. The number of piperidine rings is 1. The van der Waals surface area contributed by atoms with Gasteiger partial charge in [-0.05, 0) is 44.1 Å². The van der Waals surface area contributed by atoms with Crippen molar-refractivity contribution in [3.05, 3.63) is 35.1 Å². The summed E-state index contributed by atoms with van der Waals surface area (Å²) in [6.07, 6.45) is -7.07. The van der Waals surface area contributed by atoms with E-state index in [0.29, 0.717) is 24.9 Å². The first-order valence-electron chi connectivity index (χ1n) is 14.0. The lowest BCUT2D eigenvalue weighted by molar-refractivity contribution is -0.195. The number of aromatic hydroxyl groups is 1. The molecule has 3 unspecified atom stereocenters. The lowest BCUT2D eigenvalue weighted by Gasteiger charge is -2.61. The number of nitrogens with zero attached hydrogens (tertiary/aromatic N) is 1. The van der Waals surface area contributed by atoms with Crippen molar-refractivity contribution in [2.24, 2.45) is 0 Å². The number of phenols is 1. The van der Waals surface area contributed by atoms with Gasteiger partial charge in [-0.25, -0.2) is 14.4 Å². The minimum atomic E-state index is -2.39. The van der Waals surface area contributed by atoms with E-state index in [-0.39, 0.29) is 29.7 Å². The van der Waals surface area contributed by atoms with Crippen LogP contribution in [0, 0.1) is 0 Å². The van der Waals surface area contributed by atoms with Gasteiger partial charge in [0.2, 0.25) is 18.3 Å². The Morgan fingerprint density at radius 3 is 2.27 bits per heavy atom. The number of hydrogen-bond acceptors (Lipinski definition) is 14. The number of carbonyl (C=O) groups is 6. The normalized spacial score (nSPS) is 27.8. The summed E-state index contributed by atoms with van der Waals surface area (Å²) in [6.45, 7) is 2.25. The molecule has 1 spiro atoms. The molecule has 16 nitrogen and oxygen atoms in total. The Kier molecular flexibility index (Phi) is 7.99. The third kappa shape index (κ3) is 5.12. The smallest absolute Gasteiger partial charge is 0.357 e. The third-order valence-electron chi connectivity index (χ3n) is 8.79. The Morgan fingerprint density at radius 2 is 1.67 bits per heavy atom. The van der Waals surface area contributed by atoms with Gasteiger partial charge in [0.25, 0.3) is 0 Å². The second kappa shape index (κ2) is 11.3. The number of hydrogen-bond donors (Lipinski definition) is 4. The SMILES string of the molecule is CC(=O)OC(C(=O)OC1=CC[C@@]2(O)[C@H]3Cc4ccc(O)c5c4[C@@]2(CCN3C)[C@H]1O5)C(OC(C)=O)C(=O)OC(CC(=O)O)C(=O)O. The molecule has 1 saturated heterocycles. The summed E-state index contributed by atoms with van der Waals surface area (Å²) in [4.78, 5) is 75.1. The van der Waals surface area contributed by atoms with E-state index < -0.39 is 77.7 Å². The van der Waals surface area contributed by atoms with Crippen LogP contribution in [0.25, 0.3) is 0 Å². The fraction of sp³-hybridized carbons (Fsp3) is 0.517. The van der Waals surface area contributed by atoms with Crippen LogP contribution < -0.4 is 4.74 Å². The molecule has 2 aliphatic heterocycles. The fourth-order valence-corrected chi connectivity index (χ4v) is 6.98. The van der Waals surface area contributed by atoms with Crippen molar-refractivity contribution in [1.29, 1.82) is 0 Å². The molecule has 5 rings (SSSR count). The van der Waals surface area contributed by atoms with E-state index in [9.17, 15) is 44.1 Å². The van der Waals surface area contributed by atoms with Crippen LogP contribution in [0.4, 0.5) is 0 Å². The number of benzene rings is 1. The highest BCUT2D eigenvalue weighted by Gasteiger charge is 2.72. The quantitative estimate of drug-likeness (QED) is 0.189. The van der Waals surface area contributed by atoms with E-state index in [0.717, 1.165) is 19.4 Å². The largest absolute Gasteiger partial charge is 0.504 e. The zero-order chi connectivity index (χ0) is 33.0. The number of rotatable bonds is 10. The van der Waals surface area contributed by atoms with Crippen molar-refractivity contribution in [1.82, 2.24) is 4.90 Å². The number of carbonyl (C=O) groups excluding carboxylic acids is 4. The number of ether oxygens (including phenoxy) is 5. The van der Waals surface area contributed by atoms with Gasteiger partial charge in [-0.1, -0.05) is 6.07 Å². The monoisotopic (exact) mass is 633 g/mol. The van der Waals surface area contributed by atoms with Crippen LogP contribution in [0.2, 0.25) is 0 Å². The number of carboxylic acids is 2. The van der Waals surface area contributed by atoms with Gasteiger partial charge >= 0.3 is 35.8 Å². The topological polar surface area (TPSA) is 233 Å². The fourth-order valence-electron chi connectivity index (χ4n) is 6.98. The van der Waals surface area contributed by atoms with E-state index in [1.54, 1.807) is 6.07 Å². The van der Waals surface area contributed by atoms with Crippen LogP contribution in [-0.2, 0) is 59.6 Å². The summed E-state index contributed by atoms with van der Waals surface area (Å²) >= 11 is 0. The Hall–Kier alpha value is -4.70. The predicted molar refractivity (Wildman–Crippen MR) is 144 cm³/mol. The molecule has 4 aliphatic rings. The second-order valence-electron chi connectivity index (χ2n) is 11.4. The van der Waals surface area contributed by atoms with E-state index in [2.05, 4.69) is 0 Å². The summed E-state index contributed by atoms with van der Waals surface area (Å²) in [5.41, 5.74) is -1.13. The van der Waals surface area contributed by atoms with Crippen LogP contribution in [0.3, 0.4) is 0 Å². The summed E-state index contributed by atoms with van der Waals surface area (Å²) in [7, 11) is 1.88. The van der Waals surface area contributed by atoms with Crippen LogP contribution in [-0.4, -0.2) is 111 Å². The molecule has 16 heteroatoms.